The van der Waals surface area contributed by atoms with Gasteiger partial charge in [0, 0.05) is 12.2 Å². The van der Waals surface area contributed by atoms with Crippen molar-refractivity contribution < 1.29 is 14.6 Å². The summed E-state index contributed by atoms with van der Waals surface area (Å²) in [5, 5.41) is 9.32. The van der Waals surface area contributed by atoms with Crippen LogP contribution in [0.1, 0.15) is 6.92 Å². The van der Waals surface area contributed by atoms with Crippen LogP contribution in [0, 0.1) is 0 Å². The van der Waals surface area contributed by atoms with Gasteiger partial charge in [0.1, 0.15) is 5.75 Å². The van der Waals surface area contributed by atoms with Crippen LogP contribution in [0.2, 0.25) is 0 Å². The van der Waals surface area contributed by atoms with E-state index in [2.05, 4.69) is 4.90 Å². The van der Waals surface area contributed by atoms with E-state index in [1.807, 2.05) is 31.2 Å². The lowest BCUT2D eigenvalue weighted by Gasteiger charge is -2.36. The fourth-order valence-corrected chi connectivity index (χ4v) is 2.05. The molecule has 0 spiro atoms. The zero-order valence-electron chi connectivity index (χ0n) is 10.1. The average molecular weight is 237 g/mol. The fraction of sp³-hybridized carbons (Fsp3) is 0.538. The highest BCUT2D eigenvalue weighted by molar-refractivity contribution is 5.50. The smallest absolute Gasteiger partial charge is 0.119 e. The van der Waals surface area contributed by atoms with Crippen LogP contribution in [-0.2, 0) is 4.74 Å². The van der Waals surface area contributed by atoms with Crippen LogP contribution in [0.15, 0.2) is 24.3 Å². The predicted molar refractivity (Wildman–Crippen MR) is 66.6 cm³/mol. The standard InChI is InChI=1S/C13H19NO3/c1-2-17-13-5-3-11(4-6-13)14-7-8-16-10-12(14)9-15/h3-6,12,15H,2,7-10H2,1H3. The third kappa shape index (κ3) is 2.90. The van der Waals surface area contributed by atoms with Crippen molar-refractivity contribution in [3.8, 4) is 5.75 Å². The molecule has 0 radical (unpaired) electrons. The van der Waals surface area contributed by atoms with Crippen LogP contribution in [0.3, 0.4) is 0 Å². The second-order valence-corrected chi connectivity index (χ2v) is 4.03. The number of aliphatic hydroxyl groups excluding tert-OH is 1. The van der Waals surface area contributed by atoms with E-state index in [1.54, 1.807) is 0 Å². The summed E-state index contributed by atoms with van der Waals surface area (Å²) in [5.41, 5.74) is 1.11. The van der Waals surface area contributed by atoms with E-state index in [4.69, 9.17) is 9.47 Å². The van der Waals surface area contributed by atoms with Crippen molar-refractivity contribution in [1.82, 2.24) is 0 Å². The molecule has 1 saturated heterocycles. The lowest BCUT2D eigenvalue weighted by atomic mass is 10.2. The van der Waals surface area contributed by atoms with Crippen molar-refractivity contribution in [2.24, 2.45) is 0 Å². The Morgan fingerprint density at radius 2 is 2.18 bits per heavy atom. The minimum atomic E-state index is 0.0571. The van der Waals surface area contributed by atoms with Crippen LogP contribution in [-0.4, -0.2) is 44.1 Å². The average Bonchev–Trinajstić information content (AvgIpc) is 2.40. The number of hydrogen-bond donors (Lipinski definition) is 1. The molecule has 2 rings (SSSR count). The van der Waals surface area contributed by atoms with Crippen molar-refractivity contribution in [3.63, 3.8) is 0 Å². The van der Waals surface area contributed by atoms with Gasteiger partial charge in [0.15, 0.2) is 0 Å². The highest BCUT2D eigenvalue weighted by Gasteiger charge is 2.22. The summed E-state index contributed by atoms with van der Waals surface area (Å²) < 4.78 is 10.8. The Bertz CT molecular complexity index is 339. The molecule has 4 heteroatoms. The SMILES string of the molecule is CCOc1ccc(N2CCOCC2CO)cc1. The zero-order chi connectivity index (χ0) is 12.1. The number of nitrogens with zero attached hydrogens (tertiary/aromatic N) is 1. The van der Waals surface area contributed by atoms with Gasteiger partial charge < -0.3 is 19.5 Å². The Morgan fingerprint density at radius 3 is 2.82 bits per heavy atom. The molecule has 1 N–H and O–H groups in total. The molecule has 0 amide bonds. The fourth-order valence-electron chi connectivity index (χ4n) is 2.05. The molecule has 1 aromatic rings. The molecule has 94 valence electrons. The van der Waals surface area contributed by atoms with Gasteiger partial charge in [0.25, 0.3) is 0 Å². The van der Waals surface area contributed by atoms with Crippen molar-refractivity contribution in [2.45, 2.75) is 13.0 Å². The molecule has 0 bridgehead atoms. The molecule has 1 fully saturated rings. The summed E-state index contributed by atoms with van der Waals surface area (Å²) in [6, 6.07) is 8.03. The number of aliphatic hydroxyl groups is 1. The second kappa shape index (κ2) is 5.89. The molecule has 1 aromatic carbocycles. The number of anilines is 1. The number of rotatable bonds is 4. The maximum Gasteiger partial charge on any atom is 0.119 e. The third-order valence-corrected chi connectivity index (χ3v) is 2.92. The molecule has 0 aromatic heterocycles. The first-order valence-corrected chi connectivity index (χ1v) is 6.03. The van der Waals surface area contributed by atoms with E-state index in [9.17, 15) is 5.11 Å². The van der Waals surface area contributed by atoms with Gasteiger partial charge in [-0.15, -0.1) is 0 Å². The molecule has 17 heavy (non-hydrogen) atoms. The lowest BCUT2D eigenvalue weighted by Crippen LogP contribution is -2.47. The Labute approximate surface area is 102 Å². The van der Waals surface area contributed by atoms with E-state index >= 15 is 0 Å². The summed E-state index contributed by atoms with van der Waals surface area (Å²) in [5.74, 6) is 0.880. The van der Waals surface area contributed by atoms with Gasteiger partial charge >= 0.3 is 0 Å². The van der Waals surface area contributed by atoms with Gasteiger partial charge in [0.2, 0.25) is 0 Å². The van der Waals surface area contributed by atoms with Gasteiger partial charge in [-0.05, 0) is 31.2 Å². The first-order valence-electron chi connectivity index (χ1n) is 6.03. The first kappa shape index (κ1) is 12.2. The summed E-state index contributed by atoms with van der Waals surface area (Å²) in [6.07, 6.45) is 0. The van der Waals surface area contributed by atoms with Crippen LogP contribution in [0.25, 0.3) is 0 Å². The van der Waals surface area contributed by atoms with Gasteiger partial charge in [0.05, 0.1) is 32.5 Å². The van der Waals surface area contributed by atoms with Gasteiger partial charge in [-0.25, -0.2) is 0 Å². The van der Waals surface area contributed by atoms with Crippen LogP contribution < -0.4 is 9.64 Å². The molecule has 1 unspecified atom stereocenters. The van der Waals surface area contributed by atoms with Crippen LogP contribution in [0.4, 0.5) is 5.69 Å². The summed E-state index contributed by atoms with van der Waals surface area (Å²) in [7, 11) is 0. The van der Waals surface area contributed by atoms with Crippen molar-refractivity contribution >= 4 is 5.69 Å². The normalized spacial score (nSPS) is 20.4. The van der Waals surface area contributed by atoms with E-state index in [0.717, 1.165) is 18.0 Å². The number of benzene rings is 1. The molecular weight excluding hydrogens is 218 g/mol. The molecule has 0 saturated carbocycles. The topological polar surface area (TPSA) is 41.9 Å². The maximum atomic E-state index is 9.32. The predicted octanol–water partition coefficient (Wildman–Crippen LogP) is 1.28. The van der Waals surface area contributed by atoms with Crippen molar-refractivity contribution in [2.75, 3.05) is 37.9 Å². The second-order valence-electron chi connectivity index (χ2n) is 4.03. The van der Waals surface area contributed by atoms with Gasteiger partial charge in [-0.2, -0.15) is 0 Å². The Kier molecular flexibility index (Phi) is 4.23. The monoisotopic (exact) mass is 237 g/mol. The van der Waals surface area contributed by atoms with Crippen LogP contribution in [0.5, 0.6) is 5.75 Å². The molecule has 1 atom stereocenters. The molecule has 1 aliphatic heterocycles. The highest BCUT2D eigenvalue weighted by atomic mass is 16.5. The van der Waals surface area contributed by atoms with Gasteiger partial charge in [-0.3, -0.25) is 0 Å². The molecule has 1 heterocycles. The van der Waals surface area contributed by atoms with Crippen molar-refractivity contribution in [3.05, 3.63) is 24.3 Å². The lowest BCUT2D eigenvalue weighted by molar-refractivity contribution is 0.0727. The minimum absolute atomic E-state index is 0.0571. The van der Waals surface area contributed by atoms with Crippen molar-refractivity contribution in [1.29, 1.82) is 0 Å². The summed E-state index contributed by atoms with van der Waals surface area (Å²) >= 11 is 0. The number of ether oxygens (including phenoxy) is 2. The van der Waals surface area contributed by atoms with E-state index in [0.29, 0.717) is 19.8 Å². The zero-order valence-corrected chi connectivity index (χ0v) is 10.1. The minimum Gasteiger partial charge on any atom is -0.494 e. The maximum absolute atomic E-state index is 9.32. The van der Waals surface area contributed by atoms with E-state index in [-0.39, 0.29) is 12.6 Å². The third-order valence-electron chi connectivity index (χ3n) is 2.92. The number of hydrogen-bond acceptors (Lipinski definition) is 4. The Balaban J connectivity index is 2.09. The highest BCUT2D eigenvalue weighted by Crippen LogP contribution is 2.22. The Hall–Kier alpha value is -1.26. The number of morpholine rings is 1. The van der Waals surface area contributed by atoms with Gasteiger partial charge in [-0.1, -0.05) is 0 Å². The van der Waals surface area contributed by atoms with E-state index in [1.165, 1.54) is 0 Å². The molecular formula is C13H19NO3. The van der Waals surface area contributed by atoms with E-state index < -0.39 is 0 Å². The first-order chi connectivity index (χ1) is 8.35. The quantitative estimate of drug-likeness (QED) is 0.856. The Morgan fingerprint density at radius 1 is 1.41 bits per heavy atom. The molecule has 4 nitrogen and oxygen atoms in total. The largest absolute Gasteiger partial charge is 0.494 e. The summed E-state index contributed by atoms with van der Waals surface area (Å²) in [6.45, 7) is 4.88. The summed E-state index contributed by atoms with van der Waals surface area (Å²) in [4.78, 5) is 2.18. The molecule has 0 aliphatic carbocycles. The molecule has 1 aliphatic rings. The van der Waals surface area contributed by atoms with Crippen LogP contribution >= 0.6 is 0 Å².